The van der Waals surface area contributed by atoms with Crippen molar-refractivity contribution in [2.75, 3.05) is 45.1 Å². The van der Waals surface area contributed by atoms with Crippen LogP contribution in [0.5, 0.6) is 0 Å². The first-order valence-corrected chi connectivity index (χ1v) is 12.0. The van der Waals surface area contributed by atoms with Crippen LogP contribution in [0.4, 0.5) is 5.69 Å². The largest absolute Gasteiger partial charge is 0.325 e. The van der Waals surface area contributed by atoms with Gasteiger partial charge in [-0.25, -0.2) is 8.42 Å². The molecule has 0 bridgehead atoms. The van der Waals surface area contributed by atoms with Crippen LogP contribution < -0.4 is 5.32 Å². The van der Waals surface area contributed by atoms with Crippen LogP contribution in [0.15, 0.2) is 29.2 Å². The molecule has 29 heavy (non-hydrogen) atoms. The van der Waals surface area contributed by atoms with Gasteiger partial charge in [0.2, 0.25) is 15.9 Å². The number of nitrogens with one attached hydrogen (secondary N) is 1. The number of likely N-dealkylation sites (N-methyl/N-ethyl adjacent to an activating group) is 1. The fourth-order valence-corrected chi connectivity index (χ4v) is 5.35. The minimum atomic E-state index is -3.55. The summed E-state index contributed by atoms with van der Waals surface area (Å²) in [4.78, 5) is 17.3. The Bertz CT molecular complexity index is 770. The maximum Gasteiger partial charge on any atom is 0.243 e. The van der Waals surface area contributed by atoms with Gasteiger partial charge in [-0.1, -0.05) is 19.9 Å². The predicted molar refractivity (Wildman–Crippen MR) is 118 cm³/mol. The average Bonchev–Trinajstić information content (AvgIpc) is 2.68. The molecule has 0 aromatic heterocycles. The van der Waals surface area contributed by atoms with Gasteiger partial charge >= 0.3 is 0 Å². The van der Waals surface area contributed by atoms with Crippen molar-refractivity contribution in [1.29, 1.82) is 0 Å². The summed E-state index contributed by atoms with van der Waals surface area (Å²) in [7, 11) is -1.56. The lowest BCUT2D eigenvalue weighted by Gasteiger charge is -2.38. The van der Waals surface area contributed by atoms with Crippen LogP contribution in [0.25, 0.3) is 0 Å². The van der Waals surface area contributed by atoms with Gasteiger partial charge in [0.1, 0.15) is 0 Å². The second kappa shape index (κ2) is 10.5. The van der Waals surface area contributed by atoms with Crippen molar-refractivity contribution >= 4 is 21.6 Å². The Hall–Kier alpha value is -1.48. The van der Waals surface area contributed by atoms with Crippen molar-refractivity contribution in [2.24, 2.45) is 0 Å². The molecular formula is C21H36N4O3S. The van der Waals surface area contributed by atoms with Crippen molar-refractivity contribution < 1.29 is 13.2 Å². The summed E-state index contributed by atoms with van der Waals surface area (Å²) >= 11 is 0. The molecule has 1 N–H and O–H groups in total. The molecule has 0 saturated carbocycles. The van der Waals surface area contributed by atoms with E-state index in [1.165, 1.54) is 10.4 Å². The second-order valence-corrected chi connectivity index (χ2v) is 9.88. The zero-order valence-corrected chi connectivity index (χ0v) is 19.2. The Morgan fingerprint density at radius 3 is 2.38 bits per heavy atom. The molecule has 0 aliphatic carbocycles. The highest BCUT2D eigenvalue weighted by Crippen LogP contribution is 2.20. The maximum absolute atomic E-state index is 12.7. The van der Waals surface area contributed by atoms with E-state index in [2.05, 4.69) is 29.0 Å². The Kier molecular flexibility index (Phi) is 8.63. The molecule has 1 aliphatic rings. The van der Waals surface area contributed by atoms with Crippen LogP contribution in [0, 0.1) is 0 Å². The quantitative estimate of drug-likeness (QED) is 0.659. The Morgan fingerprint density at radius 1 is 1.21 bits per heavy atom. The Balaban J connectivity index is 1.96. The highest BCUT2D eigenvalue weighted by atomic mass is 32.2. The average molecular weight is 425 g/mol. The molecule has 1 amide bonds. The molecule has 2 rings (SSSR count). The molecular weight excluding hydrogens is 388 g/mol. The molecule has 0 atom stereocenters. The number of carbonyl (C=O) groups excluding carboxylic acids is 1. The number of amides is 1. The topological polar surface area (TPSA) is 73.0 Å². The number of piperidine rings is 1. The molecule has 1 aromatic carbocycles. The van der Waals surface area contributed by atoms with Gasteiger partial charge in [-0.15, -0.1) is 0 Å². The van der Waals surface area contributed by atoms with Crippen molar-refractivity contribution in [3.63, 3.8) is 0 Å². The van der Waals surface area contributed by atoms with Crippen LogP contribution in [-0.2, 0) is 14.8 Å². The third-order valence-electron chi connectivity index (χ3n) is 5.71. The summed E-state index contributed by atoms with van der Waals surface area (Å²) in [5.41, 5.74) is 0.506. The summed E-state index contributed by atoms with van der Waals surface area (Å²) < 4.78 is 26.8. The van der Waals surface area contributed by atoms with E-state index in [0.29, 0.717) is 37.4 Å². The van der Waals surface area contributed by atoms with Crippen molar-refractivity contribution in [1.82, 2.24) is 14.1 Å². The van der Waals surface area contributed by atoms with Gasteiger partial charge < -0.3 is 10.2 Å². The summed E-state index contributed by atoms with van der Waals surface area (Å²) in [6.45, 7) is 11.3. The van der Waals surface area contributed by atoms with E-state index in [1.807, 2.05) is 20.9 Å². The minimum absolute atomic E-state index is 0.129. The molecule has 0 radical (unpaired) electrons. The zero-order valence-electron chi connectivity index (χ0n) is 18.4. The summed E-state index contributed by atoms with van der Waals surface area (Å²) in [6, 6.07) is 7.44. The van der Waals surface area contributed by atoms with E-state index in [-0.39, 0.29) is 10.8 Å². The number of rotatable bonds is 9. The lowest BCUT2D eigenvalue weighted by Crippen LogP contribution is -2.47. The molecule has 8 heteroatoms. The van der Waals surface area contributed by atoms with E-state index in [0.717, 1.165) is 25.9 Å². The fraction of sp³-hybridized carbons (Fsp3) is 0.667. The Morgan fingerprint density at radius 2 is 1.83 bits per heavy atom. The van der Waals surface area contributed by atoms with Crippen LogP contribution in [0.1, 0.15) is 40.5 Å². The zero-order chi connectivity index (χ0) is 21.6. The van der Waals surface area contributed by atoms with Crippen LogP contribution in [0.3, 0.4) is 0 Å². The third-order valence-corrected chi connectivity index (χ3v) is 7.75. The van der Waals surface area contributed by atoms with E-state index in [4.69, 9.17) is 0 Å². The normalized spacial score (nSPS) is 16.7. The SMILES string of the molecule is CCN(CC)S(=O)(=O)c1cccc(NC(=O)CN(C)C2CCN(C(C)C)CC2)c1. The second-order valence-electron chi connectivity index (χ2n) is 7.94. The van der Waals surface area contributed by atoms with Gasteiger partial charge in [0.25, 0.3) is 0 Å². The standard InChI is InChI=1S/C21H36N4O3S/c1-6-25(7-2)29(27,28)20-10-8-9-18(15-20)22-21(26)16-23(5)19-11-13-24(14-12-19)17(3)4/h8-10,15,17,19H,6-7,11-14,16H2,1-5H3,(H,22,26). The number of hydrogen-bond donors (Lipinski definition) is 1. The maximum atomic E-state index is 12.7. The number of likely N-dealkylation sites (tertiary alicyclic amines) is 1. The third kappa shape index (κ3) is 6.25. The molecule has 1 aromatic rings. The lowest BCUT2D eigenvalue weighted by atomic mass is 10.0. The van der Waals surface area contributed by atoms with Gasteiger partial charge in [0.05, 0.1) is 11.4 Å². The van der Waals surface area contributed by atoms with Gasteiger partial charge in [-0.05, 0) is 65.0 Å². The van der Waals surface area contributed by atoms with Gasteiger partial charge in [-0.2, -0.15) is 4.31 Å². The number of carbonyl (C=O) groups is 1. The first-order chi connectivity index (χ1) is 13.7. The summed E-state index contributed by atoms with van der Waals surface area (Å²) in [5, 5.41) is 2.85. The predicted octanol–water partition coefficient (Wildman–Crippen LogP) is 2.46. The molecule has 0 unspecified atom stereocenters. The number of sulfonamides is 1. The van der Waals surface area contributed by atoms with Gasteiger partial charge in [0.15, 0.2) is 0 Å². The van der Waals surface area contributed by atoms with Crippen molar-refractivity contribution in [3.8, 4) is 0 Å². The van der Waals surface area contributed by atoms with Crippen LogP contribution >= 0.6 is 0 Å². The fourth-order valence-electron chi connectivity index (χ4n) is 3.85. The molecule has 1 fully saturated rings. The van der Waals surface area contributed by atoms with Crippen LogP contribution in [0.2, 0.25) is 0 Å². The number of nitrogens with zero attached hydrogens (tertiary/aromatic N) is 3. The number of anilines is 1. The summed E-state index contributed by atoms with van der Waals surface area (Å²) in [5.74, 6) is -0.129. The minimum Gasteiger partial charge on any atom is -0.325 e. The van der Waals surface area contributed by atoms with E-state index in [1.54, 1.807) is 18.2 Å². The van der Waals surface area contributed by atoms with Gasteiger partial charge in [-0.3, -0.25) is 9.69 Å². The van der Waals surface area contributed by atoms with Crippen molar-refractivity contribution in [2.45, 2.75) is 57.5 Å². The van der Waals surface area contributed by atoms with Crippen LogP contribution in [-0.4, -0.2) is 80.3 Å². The highest BCUT2D eigenvalue weighted by molar-refractivity contribution is 7.89. The van der Waals surface area contributed by atoms with E-state index in [9.17, 15) is 13.2 Å². The first-order valence-electron chi connectivity index (χ1n) is 10.5. The van der Waals surface area contributed by atoms with Crippen molar-refractivity contribution in [3.05, 3.63) is 24.3 Å². The molecule has 1 saturated heterocycles. The molecule has 0 spiro atoms. The molecule has 1 heterocycles. The highest BCUT2D eigenvalue weighted by Gasteiger charge is 2.25. The smallest absolute Gasteiger partial charge is 0.243 e. The van der Waals surface area contributed by atoms with E-state index >= 15 is 0 Å². The first kappa shape index (κ1) is 23.8. The van der Waals surface area contributed by atoms with Gasteiger partial charge in [0, 0.05) is 30.9 Å². The Labute approximate surface area is 176 Å². The lowest BCUT2D eigenvalue weighted by molar-refractivity contribution is -0.117. The monoisotopic (exact) mass is 424 g/mol. The summed E-state index contributed by atoms with van der Waals surface area (Å²) in [6.07, 6.45) is 2.11. The number of hydrogen-bond acceptors (Lipinski definition) is 5. The number of benzene rings is 1. The molecule has 7 nitrogen and oxygen atoms in total. The molecule has 1 aliphatic heterocycles. The molecule has 164 valence electrons. The van der Waals surface area contributed by atoms with E-state index < -0.39 is 10.0 Å².